The highest BCUT2D eigenvalue weighted by molar-refractivity contribution is 5.89. The molecule has 0 spiro atoms. The van der Waals surface area contributed by atoms with E-state index in [0.29, 0.717) is 18.7 Å². The number of amides is 2. The molecule has 1 atom stereocenters. The normalized spacial score (nSPS) is 17.9. The number of likely N-dealkylation sites (tertiary alicyclic amines) is 1. The Bertz CT molecular complexity index is 507. The topological polar surface area (TPSA) is 61.4 Å². The van der Waals surface area contributed by atoms with Gasteiger partial charge in [0.2, 0.25) is 11.8 Å². The predicted molar refractivity (Wildman–Crippen MR) is 73.7 cm³/mol. The summed E-state index contributed by atoms with van der Waals surface area (Å²) in [5, 5.41) is 5.45. The van der Waals surface area contributed by atoms with Crippen molar-refractivity contribution in [1.82, 2.24) is 10.2 Å². The summed E-state index contributed by atoms with van der Waals surface area (Å²) in [4.78, 5) is 25.4. The van der Waals surface area contributed by atoms with Crippen LogP contribution >= 0.6 is 0 Å². The number of nitrogens with one attached hydrogen (secondary N) is 2. The molecule has 1 fully saturated rings. The number of carbonyl (C=O) groups excluding carboxylic acids is 2. The number of likely N-dealkylation sites (N-methyl/N-ethyl adjacent to an activating group) is 1. The summed E-state index contributed by atoms with van der Waals surface area (Å²) < 4.78 is 13.0. The SMILES string of the molecule is CNC(=O)C1CCCN1C(=O)CNc1cccc(F)c1. The zero-order chi connectivity index (χ0) is 14.5. The van der Waals surface area contributed by atoms with Gasteiger partial charge in [-0.1, -0.05) is 6.07 Å². The predicted octanol–water partition coefficient (Wildman–Crippen LogP) is 0.975. The van der Waals surface area contributed by atoms with E-state index in [0.717, 1.165) is 6.42 Å². The minimum absolute atomic E-state index is 0.0525. The summed E-state index contributed by atoms with van der Waals surface area (Å²) in [5.74, 6) is -0.645. The van der Waals surface area contributed by atoms with E-state index in [4.69, 9.17) is 0 Å². The van der Waals surface area contributed by atoms with Crippen LogP contribution in [0.15, 0.2) is 24.3 Å². The monoisotopic (exact) mass is 279 g/mol. The lowest BCUT2D eigenvalue weighted by atomic mass is 10.2. The minimum atomic E-state index is -0.387. The Balaban J connectivity index is 1.93. The van der Waals surface area contributed by atoms with Gasteiger partial charge in [-0.25, -0.2) is 4.39 Å². The molecule has 1 aromatic carbocycles. The molecule has 6 heteroatoms. The molecule has 20 heavy (non-hydrogen) atoms. The molecule has 1 aliphatic rings. The van der Waals surface area contributed by atoms with Gasteiger partial charge in [-0.2, -0.15) is 0 Å². The first-order valence-corrected chi connectivity index (χ1v) is 6.62. The molecule has 1 heterocycles. The molecule has 1 aliphatic heterocycles. The van der Waals surface area contributed by atoms with E-state index in [-0.39, 0.29) is 30.2 Å². The number of carbonyl (C=O) groups is 2. The van der Waals surface area contributed by atoms with Crippen LogP contribution in [0.1, 0.15) is 12.8 Å². The first kappa shape index (κ1) is 14.3. The summed E-state index contributed by atoms with van der Waals surface area (Å²) in [5.41, 5.74) is 0.550. The average Bonchev–Trinajstić information content (AvgIpc) is 2.93. The van der Waals surface area contributed by atoms with Crippen LogP contribution < -0.4 is 10.6 Å². The van der Waals surface area contributed by atoms with Gasteiger partial charge in [0.25, 0.3) is 0 Å². The van der Waals surface area contributed by atoms with Gasteiger partial charge in [0.05, 0.1) is 6.54 Å². The Hall–Kier alpha value is -2.11. The molecule has 0 saturated carbocycles. The second-order valence-electron chi connectivity index (χ2n) is 4.72. The van der Waals surface area contributed by atoms with Crippen molar-refractivity contribution in [1.29, 1.82) is 0 Å². The van der Waals surface area contributed by atoms with Crippen LogP contribution in [0.25, 0.3) is 0 Å². The second kappa shape index (κ2) is 6.36. The Labute approximate surface area is 117 Å². The number of rotatable bonds is 4. The highest BCUT2D eigenvalue weighted by atomic mass is 19.1. The van der Waals surface area contributed by atoms with Gasteiger partial charge in [0, 0.05) is 19.3 Å². The summed E-state index contributed by atoms with van der Waals surface area (Å²) in [6.45, 7) is 0.638. The van der Waals surface area contributed by atoms with E-state index in [2.05, 4.69) is 10.6 Å². The Kier molecular flexibility index (Phi) is 4.55. The minimum Gasteiger partial charge on any atom is -0.376 e. The fraction of sp³-hybridized carbons (Fsp3) is 0.429. The molecule has 5 nitrogen and oxygen atoms in total. The standard InChI is InChI=1S/C14H18FN3O2/c1-16-14(20)12-6-3-7-18(12)13(19)9-17-11-5-2-4-10(15)8-11/h2,4-5,8,12,17H,3,6-7,9H2,1H3,(H,16,20). The maximum Gasteiger partial charge on any atom is 0.242 e. The first-order chi connectivity index (χ1) is 9.61. The van der Waals surface area contributed by atoms with Gasteiger partial charge in [-0.15, -0.1) is 0 Å². The van der Waals surface area contributed by atoms with Crippen molar-refractivity contribution >= 4 is 17.5 Å². The third-order valence-corrected chi connectivity index (χ3v) is 3.39. The van der Waals surface area contributed by atoms with E-state index in [1.165, 1.54) is 12.1 Å². The molecule has 1 saturated heterocycles. The summed E-state index contributed by atoms with van der Waals surface area (Å²) >= 11 is 0. The molecule has 1 aromatic rings. The highest BCUT2D eigenvalue weighted by Crippen LogP contribution is 2.17. The third kappa shape index (κ3) is 3.26. The van der Waals surface area contributed by atoms with E-state index in [1.54, 1.807) is 24.1 Å². The summed E-state index contributed by atoms with van der Waals surface area (Å²) in [6.07, 6.45) is 1.51. The Morgan fingerprint density at radius 1 is 1.45 bits per heavy atom. The lowest BCUT2D eigenvalue weighted by molar-refractivity contribution is -0.136. The van der Waals surface area contributed by atoms with Crippen molar-refractivity contribution in [3.05, 3.63) is 30.1 Å². The van der Waals surface area contributed by atoms with Gasteiger partial charge in [0.15, 0.2) is 0 Å². The molecule has 2 rings (SSSR count). The number of benzene rings is 1. The Morgan fingerprint density at radius 3 is 2.95 bits per heavy atom. The van der Waals surface area contributed by atoms with E-state index >= 15 is 0 Å². The second-order valence-corrected chi connectivity index (χ2v) is 4.72. The number of hydrogen-bond acceptors (Lipinski definition) is 3. The van der Waals surface area contributed by atoms with Crippen LogP contribution in [0.2, 0.25) is 0 Å². The molecule has 2 amide bonds. The maximum absolute atomic E-state index is 13.0. The van der Waals surface area contributed by atoms with Gasteiger partial charge < -0.3 is 15.5 Å². The van der Waals surface area contributed by atoms with Crippen molar-refractivity contribution in [3.8, 4) is 0 Å². The van der Waals surface area contributed by atoms with Crippen LogP contribution in [-0.4, -0.2) is 42.9 Å². The lowest BCUT2D eigenvalue weighted by Gasteiger charge is -2.23. The van der Waals surface area contributed by atoms with Crippen molar-refractivity contribution in [3.63, 3.8) is 0 Å². The van der Waals surface area contributed by atoms with Crippen molar-refractivity contribution in [2.75, 3.05) is 25.5 Å². The fourth-order valence-electron chi connectivity index (χ4n) is 2.38. The smallest absolute Gasteiger partial charge is 0.242 e. The first-order valence-electron chi connectivity index (χ1n) is 6.62. The van der Waals surface area contributed by atoms with Gasteiger partial charge in [-0.3, -0.25) is 9.59 Å². The van der Waals surface area contributed by atoms with Crippen LogP contribution in [0, 0.1) is 5.82 Å². The van der Waals surface area contributed by atoms with Gasteiger partial charge in [-0.05, 0) is 31.0 Å². The summed E-state index contributed by atoms with van der Waals surface area (Å²) in [7, 11) is 1.56. The zero-order valence-corrected chi connectivity index (χ0v) is 11.4. The molecule has 0 aliphatic carbocycles. The molecular weight excluding hydrogens is 261 g/mol. The number of nitrogens with zero attached hydrogens (tertiary/aromatic N) is 1. The zero-order valence-electron chi connectivity index (χ0n) is 11.4. The lowest BCUT2D eigenvalue weighted by Crippen LogP contribution is -2.46. The largest absolute Gasteiger partial charge is 0.376 e. The molecule has 0 bridgehead atoms. The average molecular weight is 279 g/mol. The van der Waals surface area contributed by atoms with Crippen LogP contribution in [-0.2, 0) is 9.59 Å². The van der Waals surface area contributed by atoms with Crippen molar-refractivity contribution < 1.29 is 14.0 Å². The molecular formula is C14H18FN3O2. The third-order valence-electron chi connectivity index (χ3n) is 3.39. The van der Waals surface area contributed by atoms with Gasteiger partial charge in [0.1, 0.15) is 11.9 Å². The van der Waals surface area contributed by atoms with Crippen molar-refractivity contribution in [2.24, 2.45) is 0 Å². The van der Waals surface area contributed by atoms with E-state index in [9.17, 15) is 14.0 Å². The van der Waals surface area contributed by atoms with Crippen molar-refractivity contribution in [2.45, 2.75) is 18.9 Å². The van der Waals surface area contributed by atoms with Crippen LogP contribution in [0.5, 0.6) is 0 Å². The molecule has 1 unspecified atom stereocenters. The summed E-state index contributed by atoms with van der Waals surface area (Å²) in [6, 6.07) is 5.55. The molecule has 0 aromatic heterocycles. The highest BCUT2D eigenvalue weighted by Gasteiger charge is 2.33. The van der Waals surface area contributed by atoms with E-state index < -0.39 is 0 Å². The maximum atomic E-state index is 13.0. The molecule has 2 N–H and O–H groups in total. The Morgan fingerprint density at radius 2 is 2.25 bits per heavy atom. The van der Waals surface area contributed by atoms with Gasteiger partial charge >= 0.3 is 0 Å². The number of hydrogen-bond donors (Lipinski definition) is 2. The number of anilines is 1. The molecule has 0 radical (unpaired) electrons. The van der Waals surface area contributed by atoms with Crippen LogP contribution in [0.4, 0.5) is 10.1 Å². The fourth-order valence-corrected chi connectivity index (χ4v) is 2.38. The molecule has 108 valence electrons. The van der Waals surface area contributed by atoms with Crippen LogP contribution in [0.3, 0.4) is 0 Å². The number of halogens is 1. The quantitative estimate of drug-likeness (QED) is 0.863. The van der Waals surface area contributed by atoms with E-state index in [1.807, 2.05) is 0 Å².